The Morgan fingerprint density at radius 2 is 1.37 bits per heavy atom. The van der Waals surface area contributed by atoms with E-state index in [0.29, 0.717) is 5.92 Å². The molecule has 1 radical (unpaired) electrons. The second-order valence-corrected chi connectivity index (χ2v) is 16.0. The van der Waals surface area contributed by atoms with Gasteiger partial charge >= 0.3 is 0 Å². The summed E-state index contributed by atoms with van der Waals surface area (Å²) in [5.41, 5.74) is 6.66. The Bertz CT molecular complexity index is 2230. The van der Waals surface area contributed by atoms with Gasteiger partial charge in [0, 0.05) is 58.9 Å². The van der Waals surface area contributed by atoms with Gasteiger partial charge in [-0.05, 0) is 54.7 Å². The summed E-state index contributed by atoms with van der Waals surface area (Å²) in [5, 5.41) is 15.7. The third kappa shape index (κ3) is 7.78. The second-order valence-electron chi connectivity index (χ2n) is 16.0. The van der Waals surface area contributed by atoms with E-state index in [-0.39, 0.29) is 47.9 Å². The minimum absolute atomic E-state index is 0. The first-order valence-electron chi connectivity index (χ1n) is 18.8. The number of nitrogens with zero attached hydrogens (tertiary/aromatic N) is 1. The van der Waals surface area contributed by atoms with E-state index in [9.17, 15) is 9.90 Å². The van der Waals surface area contributed by atoms with Crippen molar-refractivity contribution in [3.63, 3.8) is 0 Å². The van der Waals surface area contributed by atoms with Crippen LogP contribution in [0.2, 0.25) is 0 Å². The number of carbonyl (C=O) groups is 1. The second kappa shape index (κ2) is 16.1. The van der Waals surface area contributed by atoms with Gasteiger partial charge in [0.1, 0.15) is 16.9 Å². The fourth-order valence-corrected chi connectivity index (χ4v) is 6.82. The van der Waals surface area contributed by atoms with Crippen LogP contribution in [0.25, 0.3) is 54.9 Å². The number of rotatable bonds is 9. The molecule has 0 spiro atoms. The van der Waals surface area contributed by atoms with Crippen molar-refractivity contribution in [2.24, 2.45) is 10.8 Å². The Balaban J connectivity index is 0.000000289. The largest absolute Gasteiger partial charge is 0.512 e. The van der Waals surface area contributed by atoms with E-state index < -0.39 is 0 Å². The smallest absolute Gasteiger partial charge is 0.164 e. The van der Waals surface area contributed by atoms with Crippen LogP contribution in [-0.2, 0) is 30.3 Å². The molecular formula is C47H56IrNO3-. The molecule has 0 bridgehead atoms. The van der Waals surface area contributed by atoms with Crippen molar-refractivity contribution in [1.29, 1.82) is 0 Å². The van der Waals surface area contributed by atoms with Gasteiger partial charge in [0.25, 0.3) is 0 Å². The van der Waals surface area contributed by atoms with Gasteiger partial charge in [-0.3, -0.25) is 9.78 Å². The molecule has 0 atom stereocenters. The number of ketones is 1. The van der Waals surface area contributed by atoms with E-state index in [1.54, 1.807) is 0 Å². The minimum Gasteiger partial charge on any atom is -0.512 e. The third-order valence-corrected chi connectivity index (χ3v) is 11.4. The van der Waals surface area contributed by atoms with Gasteiger partial charge in [0.05, 0.1) is 5.52 Å². The average Bonchev–Trinajstić information content (AvgIpc) is 3.53. The number of carbonyl (C=O) groups excluding carboxylic acids is 1. The molecule has 1 N–H and O–H groups in total. The van der Waals surface area contributed by atoms with E-state index in [1.165, 1.54) is 22.6 Å². The maximum absolute atomic E-state index is 12.2. The van der Waals surface area contributed by atoms with Gasteiger partial charge < -0.3 is 9.52 Å². The van der Waals surface area contributed by atoms with Crippen LogP contribution in [0.5, 0.6) is 0 Å². The molecule has 0 amide bonds. The number of aromatic nitrogens is 1. The number of furan rings is 1. The minimum atomic E-state index is -0.337. The molecule has 2 heterocycles. The molecule has 6 rings (SSSR count). The first-order chi connectivity index (χ1) is 24.1. The van der Waals surface area contributed by atoms with E-state index in [2.05, 4.69) is 107 Å². The summed E-state index contributed by atoms with van der Waals surface area (Å²) < 4.78 is 6.65. The molecule has 0 aliphatic carbocycles. The number of aliphatic hydroxyl groups excluding tert-OH is 1. The molecule has 4 aromatic carbocycles. The molecule has 277 valence electrons. The molecule has 0 saturated heterocycles. The molecular weight excluding hydrogens is 819 g/mol. The molecule has 2 aromatic heterocycles. The van der Waals surface area contributed by atoms with Gasteiger partial charge in [-0.2, -0.15) is 0 Å². The van der Waals surface area contributed by atoms with E-state index in [4.69, 9.17) is 9.40 Å². The van der Waals surface area contributed by atoms with E-state index in [0.717, 1.165) is 75.2 Å². The normalized spacial score (nSPS) is 12.7. The number of aliphatic hydroxyl groups is 1. The first-order valence-corrected chi connectivity index (χ1v) is 18.8. The molecule has 6 aromatic rings. The molecule has 0 aliphatic rings. The number of allylic oxidation sites excluding steroid dienone is 2. The summed E-state index contributed by atoms with van der Waals surface area (Å²) >= 11 is 0. The monoisotopic (exact) mass is 875 g/mol. The number of para-hydroxylation sites is 2. The molecule has 0 aliphatic heterocycles. The van der Waals surface area contributed by atoms with Crippen LogP contribution in [-0.4, -0.2) is 15.9 Å². The fraction of sp³-hybridized carbons (Fsp3) is 0.404. The molecule has 5 heteroatoms. The maximum Gasteiger partial charge on any atom is 0.164 e. The number of pyridine rings is 1. The summed E-state index contributed by atoms with van der Waals surface area (Å²) in [6.45, 7) is 23.3. The molecule has 52 heavy (non-hydrogen) atoms. The SMILES string of the molecule is CC(C)c1cccc2c1oc1c3ccccc3nc(-c3[c-]c4ccccc4c(C(C)(C)C)c3)c21.CCC(C)(CC)C(=O)/C=C(\O)C(C)(CC)CC.[Ir]. The zero-order chi connectivity index (χ0) is 37.3. The van der Waals surface area contributed by atoms with Gasteiger partial charge in [-0.15, -0.1) is 29.1 Å². The summed E-state index contributed by atoms with van der Waals surface area (Å²) in [5.74, 6) is 0.653. The van der Waals surface area contributed by atoms with Crippen molar-refractivity contribution in [3.8, 4) is 11.3 Å². The zero-order valence-corrected chi connectivity index (χ0v) is 35.4. The zero-order valence-electron chi connectivity index (χ0n) is 33.0. The molecule has 4 nitrogen and oxygen atoms in total. The van der Waals surface area contributed by atoms with Gasteiger partial charge in [-0.1, -0.05) is 136 Å². The topological polar surface area (TPSA) is 63.3 Å². The third-order valence-electron chi connectivity index (χ3n) is 11.4. The van der Waals surface area contributed by atoms with Crippen LogP contribution in [0, 0.1) is 16.9 Å². The van der Waals surface area contributed by atoms with Crippen LogP contribution in [0.3, 0.4) is 0 Å². The van der Waals surface area contributed by atoms with Crippen LogP contribution in [0.1, 0.15) is 119 Å². The fourth-order valence-electron chi connectivity index (χ4n) is 6.82. The van der Waals surface area contributed by atoms with Crippen molar-refractivity contribution in [2.45, 2.75) is 113 Å². The van der Waals surface area contributed by atoms with Crippen molar-refractivity contribution < 1.29 is 34.4 Å². The predicted molar refractivity (Wildman–Crippen MR) is 217 cm³/mol. The number of hydrogen-bond acceptors (Lipinski definition) is 4. The Labute approximate surface area is 324 Å². The summed E-state index contributed by atoms with van der Waals surface area (Å²) in [6.07, 6.45) is 4.75. The molecule has 0 saturated carbocycles. The van der Waals surface area contributed by atoms with Crippen LogP contribution in [0.15, 0.2) is 89.0 Å². The van der Waals surface area contributed by atoms with Crippen LogP contribution >= 0.6 is 0 Å². The van der Waals surface area contributed by atoms with E-state index in [1.807, 2.05) is 47.6 Å². The standard InChI is InChI=1S/C32H28NO.C15H28O2.Ir/c1-19(2)22-14-10-15-25-28-29(33-27-16-9-8-13-24(27)31(28)34-30(22)25)21-17-20-11-6-7-12-23(20)26(18-21)32(3,4)5;1-7-14(5,8-2)12(16)11-13(17)15(6,9-3)10-4;/h6-16,18-19H,1-5H3;11,16H,7-10H2,1-6H3;/q-1;;/b;12-11-;. The van der Waals surface area contributed by atoms with Crippen molar-refractivity contribution in [2.75, 3.05) is 0 Å². The Hall–Kier alpha value is -3.79. The maximum atomic E-state index is 12.2. The van der Waals surface area contributed by atoms with Crippen molar-refractivity contribution >= 4 is 49.4 Å². The van der Waals surface area contributed by atoms with Crippen molar-refractivity contribution in [3.05, 3.63) is 102 Å². The summed E-state index contributed by atoms with van der Waals surface area (Å²) in [6, 6.07) is 29.3. The number of fused-ring (bicyclic) bond motifs is 6. The van der Waals surface area contributed by atoms with Crippen LogP contribution < -0.4 is 0 Å². The first kappa shape index (κ1) is 41.0. The van der Waals surface area contributed by atoms with E-state index >= 15 is 0 Å². The number of hydrogen-bond donors (Lipinski definition) is 1. The Morgan fingerprint density at radius 1 is 0.788 bits per heavy atom. The molecule has 0 unspecified atom stereocenters. The van der Waals surface area contributed by atoms with Crippen molar-refractivity contribution in [1.82, 2.24) is 4.98 Å². The quantitative estimate of drug-likeness (QED) is 0.0893. The Morgan fingerprint density at radius 3 is 1.96 bits per heavy atom. The predicted octanol–water partition coefficient (Wildman–Crippen LogP) is 13.8. The number of benzene rings is 4. The van der Waals surface area contributed by atoms with Gasteiger partial charge in [-0.25, -0.2) is 0 Å². The van der Waals surface area contributed by atoms with Gasteiger partial charge in [0.15, 0.2) is 5.78 Å². The Kier molecular flexibility index (Phi) is 12.7. The average molecular weight is 875 g/mol. The summed E-state index contributed by atoms with van der Waals surface area (Å²) in [4.78, 5) is 17.4. The van der Waals surface area contributed by atoms with Gasteiger partial charge in [0.2, 0.25) is 0 Å². The molecule has 0 fully saturated rings. The summed E-state index contributed by atoms with van der Waals surface area (Å²) in [7, 11) is 0. The van der Waals surface area contributed by atoms with Crippen LogP contribution in [0.4, 0.5) is 0 Å².